The van der Waals surface area contributed by atoms with Crippen LogP contribution in [0.4, 0.5) is 13.2 Å². The van der Waals surface area contributed by atoms with Crippen LogP contribution in [0, 0.1) is 17.8 Å². The highest BCUT2D eigenvalue weighted by molar-refractivity contribution is 5.70. The predicted octanol–water partition coefficient (Wildman–Crippen LogP) is 4.09. The standard InChI is InChI=1S/C28H32F3N5O2/c1-34-16-32-24-23(34)25(37)36(26(38)35(24)2)7-6-21(20-4-3-5-22(11-20)28(29,30)31)15-33-27-12-17-8-18(13-27)10-19(9-17)14-27/h3-6,11,16-19,33H,7-10,12-15H2,1-2H3/b21-6-. The highest BCUT2D eigenvalue weighted by atomic mass is 19.4. The summed E-state index contributed by atoms with van der Waals surface area (Å²) in [5, 5.41) is 3.76. The van der Waals surface area contributed by atoms with Gasteiger partial charge >= 0.3 is 11.9 Å². The first-order valence-corrected chi connectivity index (χ1v) is 13.3. The van der Waals surface area contributed by atoms with Crippen LogP contribution in [0.3, 0.4) is 0 Å². The van der Waals surface area contributed by atoms with Gasteiger partial charge in [0.25, 0.3) is 5.56 Å². The second kappa shape index (κ2) is 8.97. The Kier molecular flexibility index (Phi) is 5.93. The molecule has 10 heteroatoms. The molecule has 7 nitrogen and oxygen atoms in total. The second-order valence-electron chi connectivity index (χ2n) is 11.6. The van der Waals surface area contributed by atoms with Crippen LogP contribution in [0.25, 0.3) is 16.7 Å². The lowest BCUT2D eigenvalue weighted by atomic mass is 9.53. The van der Waals surface area contributed by atoms with Crippen molar-refractivity contribution in [3.63, 3.8) is 0 Å². The van der Waals surface area contributed by atoms with Crippen molar-refractivity contribution in [1.29, 1.82) is 0 Å². The van der Waals surface area contributed by atoms with Crippen molar-refractivity contribution < 1.29 is 13.2 Å². The van der Waals surface area contributed by atoms with E-state index >= 15 is 0 Å². The topological polar surface area (TPSA) is 73.8 Å². The maximum atomic E-state index is 13.5. The van der Waals surface area contributed by atoms with E-state index in [1.165, 1.54) is 36.2 Å². The Hall–Kier alpha value is -3.14. The molecule has 2 heterocycles. The van der Waals surface area contributed by atoms with Crippen molar-refractivity contribution in [2.75, 3.05) is 6.54 Å². The zero-order chi connectivity index (χ0) is 26.8. The third-order valence-corrected chi connectivity index (χ3v) is 8.97. The molecule has 4 bridgehead atoms. The van der Waals surface area contributed by atoms with E-state index in [2.05, 4.69) is 10.3 Å². The number of aromatic nitrogens is 4. The average molecular weight is 528 g/mol. The van der Waals surface area contributed by atoms with Crippen LogP contribution in [0.5, 0.6) is 0 Å². The Morgan fingerprint density at radius 2 is 1.76 bits per heavy atom. The summed E-state index contributed by atoms with van der Waals surface area (Å²) in [4.78, 5) is 30.4. The van der Waals surface area contributed by atoms with Crippen LogP contribution < -0.4 is 16.6 Å². The molecule has 0 saturated heterocycles. The van der Waals surface area contributed by atoms with Crippen LogP contribution in [0.2, 0.25) is 0 Å². The summed E-state index contributed by atoms with van der Waals surface area (Å²) in [5.41, 5.74) is -0.0332. The normalized spacial score (nSPS) is 27.0. The highest BCUT2D eigenvalue weighted by Crippen LogP contribution is 2.55. The second-order valence-corrected chi connectivity index (χ2v) is 11.6. The van der Waals surface area contributed by atoms with E-state index in [1.54, 1.807) is 30.8 Å². The molecule has 0 amide bonds. The first-order chi connectivity index (χ1) is 18.0. The molecule has 2 aromatic heterocycles. The number of nitrogens with zero attached hydrogens (tertiary/aromatic N) is 4. The van der Waals surface area contributed by atoms with Gasteiger partial charge < -0.3 is 9.88 Å². The zero-order valence-electron chi connectivity index (χ0n) is 21.6. The Morgan fingerprint density at radius 3 is 2.39 bits per heavy atom. The summed E-state index contributed by atoms with van der Waals surface area (Å²) < 4.78 is 44.6. The van der Waals surface area contributed by atoms with Gasteiger partial charge in [-0.1, -0.05) is 18.2 Å². The van der Waals surface area contributed by atoms with Gasteiger partial charge in [0.1, 0.15) is 0 Å². The molecule has 1 aromatic carbocycles. The molecule has 0 spiro atoms. The average Bonchev–Trinajstić information content (AvgIpc) is 3.25. The Labute approximate surface area is 218 Å². The predicted molar refractivity (Wildman–Crippen MR) is 139 cm³/mol. The smallest absolute Gasteiger partial charge is 0.328 e. The zero-order valence-corrected chi connectivity index (χ0v) is 21.6. The van der Waals surface area contributed by atoms with Crippen molar-refractivity contribution in [3.05, 3.63) is 68.6 Å². The molecule has 0 aliphatic heterocycles. The molecule has 7 rings (SSSR count). The van der Waals surface area contributed by atoms with Gasteiger partial charge in [-0.25, -0.2) is 9.78 Å². The molecule has 38 heavy (non-hydrogen) atoms. The highest BCUT2D eigenvalue weighted by Gasteiger charge is 2.50. The number of nitrogens with one attached hydrogen (secondary N) is 1. The van der Waals surface area contributed by atoms with Crippen LogP contribution >= 0.6 is 0 Å². The first-order valence-electron chi connectivity index (χ1n) is 13.3. The van der Waals surface area contributed by atoms with Gasteiger partial charge in [0, 0.05) is 32.7 Å². The molecule has 0 atom stereocenters. The molecular formula is C28H32F3N5O2. The maximum Gasteiger partial charge on any atom is 0.416 e. The van der Waals surface area contributed by atoms with Gasteiger partial charge in [-0.2, -0.15) is 13.2 Å². The quantitative estimate of drug-likeness (QED) is 0.524. The van der Waals surface area contributed by atoms with Crippen LogP contribution in [0.15, 0.2) is 46.3 Å². The van der Waals surface area contributed by atoms with E-state index in [0.29, 0.717) is 28.8 Å². The van der Waals surface area contributed by atoms with Crippen LogP contribution in [-0.2, 0) is 26.8 Å². The van der Waals surface area contributed by atoms with E-state index < -0.39 is 23.0 Å². The minimum Gasteiger partial charge on any atom is -0.328 e. The van der Waals surface area contributed by atoms with E-state index in [0.717, 1.165) is 53.7 Å². The molecule has 202 valence electrons. The number of benzene rings is 1. The van der Waals surface area contributed by atoms with Crippen molar-refractivity contribution in [3.8, 4) is 0 Å². The minimum atomic E-state index is -4.47. The molecule has 4 aliphatic carbocycles. The molecule has 1 N–H and O–H groups in total. The number of rotatable bonds is 6. The number of allylic oxidation sites excluding steroid dienone is 1. The van der Waals surface area contributed by atoms with E-state index in [4.69, 9.17) is 0 Å². The number of aryl methyl sites for hydroxylation is 2. The van der Waals surface area contributed by atoms with Crippen molar-refractivity contribution >= 4 is 16.7 Å². The third kappa shape index (κ3) is 4.32. The number of hydrogen-bond acceptors (Lipinski definition) is 4. The minimum absolute atomic E-state index is 0.00999. The molecule has 0 unspecified atom stereocenters. The fraction of sp³-hybridized carbons (Fsp3) is 0.536. The lowest BCUT2D eigenvalue weighted by molar-refractivity contribution is -0.137. The Bertz CT molecular complexity index is 1510. The molecular weight excluding hydrogens is 495 g/mol. The van der Waals surface area contributed by atoms with E-state index in [9.17, 15) is 22.8 Å². The summed E-state index contributed by atoms with van der Waals surface area (Å²) in [6.07, 6.45) is 5.92. The SMILES string of the molecule is Cn1cnc2c1c(=O)n(C/C=C(/CNC13CC4CC(CC(C4)C1)C3)c1cccc(C(F)(F)F)c1)c(=O)n2C. The van der Waals surface area contributed by atoms with Gasteiger partial charge in [-0.3, -0.25) is 13.9 Å². The third-order valence-electron chi connectivity index (χ3n) is 8.97. The van der Waals surface area contributed by atoms with Gasteiger partial charge in [0.05, 0.1) is 11.9 Å². The fourth-order valence-corrected chi connectivity index (χ4v) is 7.56. The monoisotopic (exact) mass is 527 g/mol. The van der Waals surface area contributed by atoms with Gasteiger partial charge in [0.15, 0.2) is 11.2 Å². The number of halogens is 3. The van der Waals surface area contributed by atoms with Crippen molar-refractivity contribution in [2.45, 2.75) is 56.8 Å². The van der Waals surface area contributed by atoms with Crippen molar-refractivity contribution in [1.82, 2.24) is 24.0 Å². The van der Waals surface area contributed by atoms with Gasteiger partial charge in [0.2, 0.25) is 0 Å². The molecule has 4 aliphatic rings. The fourth-order valence-electron chi connectivity index (χ4n) is 7.56. The van der Waals surface area contributed by atoms with E-state index in [-0.39, 0.29) is 12.1 Å². The van der Waals surface area contributed by atoms with Crippen LogP contribution in [-0.4, -0.2) is 30.8 Å². The largest absolute Gasteiger partial charge is 0.416 e. The number of fused-ring (bicyclic) bond motifs is 1. The summed E-state index contributed by atoms with van der Waals surface area (Å²) in [5.74, 6) is 2.17. The maximum absolute atomic E-state index is 13.5. The lowest BCUT2D eigenvalue weighted by Crippen LogP contribution is -2.58. The number of hydrogen-bond donors (Lipinski definition) is 1. The molecule has 0 radical (unpaired) electrons. The molecule has 4 fully saturated rings. The van der Waals surface area contributed by atoms with Crippen LogP contribution in [0.1, 0.15) is 49.7 Å². The summed E-state index contributed by atoms with van der Waals surface area (Å²) in [6, 6.07) is 5.28. The summed E-state index contributed by atoms with van der Waals surface area (Å²) in [6.45, 7) is 0.317. The molecule has 4 saturated carbocycles. The number of alkyl halides is 3. The lowest BCUT2D eigenvalue weighted by Gasteiger charge is -2.57. The molecule has 3 aromatic rings. The number of imidazole rings is 1. The van der Waals surface area contributed by atoms with Gasteiger partial charge in [-0.05, 0) is 79.5 Å². The summed E-state index contributed by atoms with van der Waals surface area (Å²) >= 11 is 0. The summed E-state index contributed by atoms with van der Waals surface area (Å²) in [7, 11) is 3.24. The Balaban J connectivity index is 1.36. The Morgan fingerprint density at radius 1 is 1.11 bits per heavy atom. The van der Waals surface area contributed by atoms with E-state index in [1.807, 2.05) is 0 Å². The van der Waals surface area contributed by atoms with Gasteiger partial charge in [-0.15, -0.1) is 0 Å². The first kappa shape index (κ1) is 25.2. The van der Waals surface area contributed by atoms with Crippen molar-refractivity contribution in [2.24, 2.45) is 31.8 Å².